The van der Waals surface area contributed by atoms with Gasteiger partial charge in [-0.2, -0.15) is 0 Å². The molecule has 0 aliphatic rings. The summed E-state index contributed by atoms with van der Waals surface area (Å²) in [5, 5.41) is 3.61. The number of nitrogens with zero attached hydrogens (tertiary/aromatic N) is 1. The molecule has 0 aliphatic carbocycles. The zero-order valence-electron chi connectivity index (χ0n) is 16.8. The summed E-state index contributed by atoms with van der Waals surface area (Å²) in [6, 6.07) is 22.4. The van der Waals surface area contributed by atoms with Crippen molar-refractivity contribution < 1.29 is 13.9 Å². The van der Waals surface area contributed by atoms with Crippen LogP contribution >= 0.6 is 11.6 Å². The third kappa shape index (κ3) is 4.95. The van der Waals surface area contributed by atoms with Crippen molar-refractivity contribution in [2.45, 2.75) is 13.5 Å². The Kier molecular flexibility index (Phi) is 6.05. The number of carbonyl (C=O) groups excluding carboxylic acids is 1. The minimum Gasteiger partial charge on any atom is -0.457 e. The van der Waals surface area contributed by atoms with Gasteiger partial charge in [0.25, 0.3) is 5.91 Å². The number of aryl methyl sites for hydroxylation is 1. The topological polar surface area (TPSA) is 43.3 Å². The summed E-state index contributed by atoms with van der Waals surface area (Å²) in [5.41, 5.74) is 3.36. The highest BCUT2D eigenvalue weighted by Crippen LogP contribution is 2.23. The van der Waals surface area contributed by atoms with Crippen LogP contribution < -0.4 is 10.1 Å². The average molecular weight is 435 g/mol. The molecule has 6 heteroatoms. The Balaban J connectivity index is 1.40. The number of ether oxygens (including phenoxy) is 1. The first-order valence-corrected chi connectivity index (χ1v) is 10.1. The number of nitrogens with one attached hydrogen (secondary N) is 1. The van der Waals surface area contributed by atoms with E-state index in [1.807, 2.05) is 60.2 Å². The molecule has 156 valence electrons. The lowest BCUT2D eigenvalue weighted by Crippen LogP contribution is -2.25. The van der Waals surface area contributed by atoms with Gasteiger partial charge in [0, 0.05) is 23.5 Å². The van der Waals surface area contributed by atoms with Gasteiger partial charge in [-0.25, -0.2) is 4.39 Å². The Morgan fingerprint density at radius 2 is 1.68 bits per heavy atom. The first kappa shape index (κ1) is 20.7. The molecule has 1 heterocycles. The summed E-state index contributed by atoms with van der Waals surface area (Å²) in [5.74, 6) is 0.705. The number of benzene rings is 3. The highest BCUT2D eigenvalue weighted by molar-refractivity contribution is 6.30. The highest BCUT2D eigenvalue weighted by atomic mass is 35.5. The number of rotatable bonds is 6. The van der Waals surface area contributed by atoms with Crippen LogP contribution in [0.15, 0.2) is 85.1 Å². The molecule has 0 aliphatic heterocycles. The van der Waals surface area contributed by atoms with Crippen molar-refractivity contribution in [1.29, 1.82) is 0 Å². The smallest absolute Gasteiger partial charge is 0.268 e. The van der Waals surface area contributed by atoms with E-state index in [-0.39, 0.29) is 11.7 Å². The minimum absolute atomic E-state index is 0.175. The lowest BCUT2D eigenvalue weighted by Gasteiger charge is -2.13. The van der Waals surface area contributed by atoms with E-state index in [1.165, 1.54) is 12.1 Å². The average Bonchev–Trinajstić information content (AvgIpc) is 3.24. The normalized spacial score (nSPS) is 10.7. The molecule has 0 saturated carbocycles. The van der Waals surface area contributed by atoms with Crippen molar-refractivity contribution >= 4 is 17.5 Å². The lowest BCUT2D eigenvalue weighted by molar-refractivity contribution is 0.0944. The minimum atomic E-state index is -0.309. The maximum Gasteiger partial charge on any atom is 0.268 e. The van der Waals surface area contributed by atoms with Crippen molar-refractivity contribution in [3.8, 4) is 17.2 Å². The summed E-state index contributed by atoms with van der Waals surface area (Å²) in [7, 11) is 0. The summed E-state index contributed by atoms with van der Waals surface area (Å²) in [4.78, 5) is 12.8. The molecule has 1 amide bonds. The fraction of sp³-hybridized carbons (Fsp3) is 0.0800. The SMILES string of the molecule is Cc1cc(Cl)ccc1-n1cccc1C(=O)NCc1ccc(Oc2ccc(F)cc2)cc1. The quantitative estimate of drug-likeness (QED) is 0.387. The fourth-order valence-electron chi connectivity index (χ4n) is 3.25. The summed E-state index contributed by atoms with van der Waals surface area (Å²) in [6.07, 6.45) is 1.85. The third-order valence-electron chi connectivity index (χ3n) is 4.83. The molecule has 4 aromatic rings. The van der Waals surface area contributed by atoms with Crippen LogP contribution in [0.5, 0.6) is 11.5 Å². The van der Waals surface area contributed by atoms with Crippen LogP contribution in [0.25, 0.3) is 5.69 Å². The summed E-state index contributed by atoms with van der Waals surface area (Å²) < 4.78 is 20.5. The van der Waals surface area contributed by atoms with Gasteiger partial charge in [-0.3, -0.25) is 4.79 Å². The van der Waals surface area contributed by atoms with Crippen LogP contribution in [0.4, 0.5) is 4.39 Å². The molecule has 0 atom stereocenters. The molecule has 0 unspecified atom stereocenters. The van der Waals surface area contributed by atoms with Crippen molar-refractivity contribution in [2.24, 2.45) is 0 Å². The molecule has 4 rings (SSSR count). The molecule has 3 aromatic carbocycles. The Labute approximate surface area is 184 Å². The van der Waals surface area contributed by atoms with E-state index in [9.17, 15) is 9.18 Å². The van der Waals surface area contributed by atoms with Crippen molar-refractivity contribution in [2.75, 3.05) is 0 Å². The molecule has 1 aromatic heterocycles. The molecule has 1 N–H and O–H groups in total. The number of aromatic nitrogens is 1. The second-order valence-electron chi connectivity index (χ2n) is 7.08. The molecule has 31 heavy (non-hydrogen) atoms. The molecule has 0 saturated heterocycles. The molecule has 0 fully saturated rings. The number of hydrogen-bond acceptors (Lipinski definition) is 2. The lowest BCUT2D eigenvalue weighted by atomic mass is 10.2. The van der Waals surface area contributed by atoms with E-state index in [1.54, 1.807) is 24.3 Å². The zero-order valence-corrected chi connectivity index (χ0v) is 17.6. The number of amides is 1. The molecular formula is C25H20ClFN2O2. The molecular weight excluding hydrogens is 415 g/mol. The van der Waals surface area contributed by atoms with Crippen LogP contribution in [0.1, 0.15) is 21.6 Å². The Hall–Kier alpha value is -3.57. The molecule has 4 nitrogen and oxygen atoms in total. The van der Waals surface area contributed by atoms with Gasteiger partial charge in [0.1, 0.15) is 23.0 Å². The summed E-state index contributed by atoms with van der Waals surface area (Å²) in [6.45, 7) is 2.33. The van der Waals surface area contributed by atoms with Gasteiger partial charge in [-0.1, -0.05) is 23.7 Å². The van der Waals surface area contributed by atoms with Gasteiger partial charge < -0.3 is 14.6 Å². The van der Waals surface area contributed by atoms with Crippen LogP contribution in [-0.2, 0) is 6.54 Å². The largest absolute Gasteiger partial charge is 0.457 e. The standard InChI is InChI=1S/C25H20ClFN2O2/c1-17-15-19(26)6-13-23(17)29-14-2-3-24(29)25(30)28-16-18-4-9-21(10-5-18)31-22-11-7-20(27)8-12-22/h2-15H,16H2,1H3,(H,28,30). The van der Waals surface area contributed by atoms with Gasteiger partial charge in [0.15, 0.2) is 0 Å². The Morgan fingerprint density at radius 3 is 2.35 bits per heavy atom. The third-order valence-corrected chi connectivity index (χ3v) is 5.06. The van der Waals surface area contributed by atoms with E-state index in [0.29, 0.717) is 28.8 Å². The number of halogens is 2. The van der Waals surface area contributed by atoms with Crippen LogP contribution in [0.3, 0.4) is 0 Å². The van der Waals surface area contributed by atoms with Gasteiger partial charge in [0.2, 0.25) is 0 Å². The first-order valence-electron chi connectivity index (χ1n) is 9.74. The molecule has 0 radical (unpaired) electrons. The first-order chi connectivity index (χ1) is 15.0. The van der Waals surface area contributed by atoms with E-state index in [2.05, 4.69) is 5.32 Å². The fourth-order valence-corrected chi connectivity index (χ4v) is 3.48. The Bertz CT molecular complexity index is 1200. The van der Waals surface area contributed by atoms with Crippen molar-refractivity contribution in [3.05, 3.63) is 113 Å². The van der Waals surface area contributed by atoms with Gasteiger partial charge in [-0.05, 0) is 84.8 Å². The second kappa shape index (κ2) is 9.06. The van der Waals surface area contributed by atoms with Crippen LogP contribution in [0, 0.1) is 12.7 Å². The van der Waals surface area contributed by atoms with E-state index in [4.69, 9.17) is 16.3 Å². The number of carbonyl (C=O) groups is 1. The van der Waals surface area contributed by atoms with Crippen LogP contribution in [0.2, 0.25) is 5.02 Å². The highest BCUT2D eigenvalue weighted by Gasteiger charge is 2.13. The van der Waals surface area contributed by atoms with Gasteiger partial charge in [0.05, 0.1) is 0 Å². The number of hydrogen-bond donors (Lipinski definition) is 1. The van der Waals surface area contributed by atoms with Crippen LogP contribution in [-0.4, -0.2) is 10.5 Å². The predicted molar refractivity (Wildman–Crippen MR) is 120 cm³/mol. The van der Waals surface area contributed by atoms with Gasteiger partial charge >= 0.3 is 0 Å². The van der Waals surface area contributed by atoms with Gasteiger partial charge in [-0.15, -0.1) is 0 Å². The van der Waals surface area contributed by atoms with E-state index < -0.39 is 0 Å². The molecule has 0 bridgehead atoms. The molecule has 0 spiro atoms. The van der Waals surface area contributed by atoms with Crippen molar-refractivity contribution in [3.63, 3.8) is 0 Å². The maximum absolute atomic E-state index is 13.0. The maximum atomic E-state index is 13.0. The van der Waals surface area contributed by atoms with Crippen molar-refractivity contribution in [1.82, 2.24) is 9.88 Å². The van der Waals surface area contributed by atoms with E-state index in [0.717, 1.165) is 16.8 Å². The predicted octanol–water partition coefficient (Wildman–Crippen LogP) is 6.30. The zero-order chi connectivity index (χ0) is 21.8. The summed E-state index contributed by atoms with van der Waals surface area (Å²) >= 11 is 6.05. The Morgan fingerprint density at radius 1 is 1.00 bits per heavy atom. The monoisotopic (exact) mass is 434 g/mol. The van der Waals surface area contributed by atoms with E-state index >= 15 is 0 Å². The second-order valence-corrected chi connectivity index (χ2v) is 7.51.